The van der Waals surface area contributed by atoms with E-state index in [1.54, 1.807) is 24.3 Å². The second-order valence-electron chi connectivity index (χ2n) is 8.73. The van der Waals surface area contributed by atoms with Gasteiger partial charge in [0.1, 0.15) is 6.04 Å². The molecule has 172 valence electrons. The van der Waals surface area contributed by atoms with Crippen LogP contribution < -0.4 is 11.1 Å². The molecule has 0 aromatic heterocycles. The third kappa shape index (κ3) is 6.77. The number of nitrogens with two attached hydrogens (primary N) is 1. The lowest BCUT2D eigenvalue weighted by Crippen LogP contribution is -2.32. The molecule has 5 nitrogen and oxygen atoms in total. The molecule has 0 radical (unpaired) electrons. The first-order valence-electron chi connectivity index (χ1n) is 11.4. The van der Waals surface area contributed by atoms with Crippen LogP contribution in [-0.2, 0) is 11.2 Å². The molecule has 3 aromatic carbocycles. The highest BCUT2D eigenvalue weighted by Crippen LogP contribution is 2.29. The zero-order valence-corrected chi connectivity index (χ0v) is 19.2. The average Bonchev–Trinajstić information content (AvgIpc) is 2.82. The molecule has 0 saturated heterocycles. The lowest BCUT2D eigenvalue weighted by Gasteiger charge is -2.22. The summed E-state index contributed by atoms with van der Waals surface area (Å²) in [5.41, 5.74) is 10.6. The highest BCUT2D eigenvalue weighted by molar-refractivity contribution is 5.94. The Morgan fingerprint density at radius 2 is 1.48 bits per heavy atom. The summed E-state index contributed by atoms with van der Waals surface area (Å²) in [6, 6.07) is 25.0. The molecule has 0 fully saturated rings. The van der Waals surface area contributed by atoms with Gasteiger partial charge in [-0.15, -0.1) is 0 Å². The van der Waals surface area contributed by atoms with E-state index in [0.29, 0.717) is 23.9 Å². The van der Waals surface area contributed by atoms with Gasteiger partial charge in [0.15, 0.2) is 0 Å². The van der Waals surface area contributed by atoms with E-state index >= 15 is 0 Å². The quantitative estimate of drug-likeness (QED) is 0.416. The molecule has 5 heteroatoms. The molecular weight excluding hydrogens is 412 g/mol. The van der Waals surface area contributed by atoms with Crippen molar-refractivity contribution in [3.8, 4) is 11.1 Å². The Bertz CT molecular complexity index is 1040. The zero-order valence-electron chi connectivity index (χ0n) is 19.2. The van der Waals surface area contributed by atoms with Gasteiger partial charge < -0.3 is 16.2 Å². The number of carboxylic acid groups (broad SMARTS) is 1. The van der Waals surface area contributed by atoms with Crippen molar-refractivity contribution in [3.05, 3.63) is 95.6 Å². The molecule has 1 amide bonds. The first-order chi connectivity index (χ1) is 15.8. The fourth-order valence-corrected chi connectivity index (χ4v) is 4.01. The van der Waals surface area contributed by atoms with Gasteiger partial charge in [-0.25, -0.2) is 0 Å². The minimum Gasteiger partial charge on any atom is -0.480 e. The van der Waals surface area contributed by atoms with E-state index < -0.39 is 12.0 Å². The van der Waals surface area contributed by atoms with Crippen LogP contribution in [0.2, 0.25) is 0 Å². The van der Waals surface area contributed by atoms with Crippen LogP contribution in [0.3, 0.4) is 0 Å². The van der Waals surface area contributed by atoms with Crippen LogP contribution >= 0.6 is 0 Å². The normalized spacial score (nSPS) is 12.8. The van der Waals surface area contributed by atoms with Crippen LogP contribution in [0.1, 0.15) is 47.7 Å². The fraction of sp³-hybridized carbons (Fsp3) is 0.286. The highest BCUT2D eigenvalue weighted by atomic mass is 16.4. The summed E-state index contributed by atoms with van der Waals surface area (Å²) in [5, 5.41) is 11.9. The maximum absolute atomic E-state index is 12.5. The first kappa shape index (κ1) is 24.2. The van der Waals surface area contributed by atoms with Crippen LogP contribution in [0.15, 0.2) is 78.9 Å². The molecule has 3 aromatic rings. The number of aliphatic carboxylic acids is 1. The van der Waals surface area contributed by atoms with Gasteiger partial charge in [0.2, 0.25) is 0 Å². The number of rotatable bonds is 10. The summed E-state index contributed by atoms with van der Waals surface area (Å²) < 4.78 is 0. The molecule has 4 N–H and O–H groups in total. The maximum Gasteiger partial charge on any atom is 0.320 e. The first-order valence-corrected chi connectivity index (χ1v) is 11.4. The molecule has 0 aliphatic heterocycles. The number of nitrogens with one attached hydrogen (secondary N) is 1. The van der Waals surface area contributed by atoms with Crippen LogP contribution in [0, 0.1) is 5.92 Å². The van der Waals surface area contributed by atoms with Crippen molar-refractivity contribution in [2.45, 2.75) is 38.6 Å². The summed E-state index contributed by atoms with van der Waals surface area (Å²) in [6.07, 6.45) is 1.08. The zero-order chi connectivity index (χ0) is 23.8. The van der Waals surface area contributed by atoms with Gasteiger partial charge >= 0.3 is 5.97 Å². The molecule has 0 bridgehead atoms. The maximum atomic E-state index is 12.5. The molecule has 2 atom stereocenters. The van der Waals surface area contributed by atoms with E-state index in [4.69, 9.17) is 10.8 Å². The van der Waals surface area contributed by atoms with Gasteiger partial charge in [0.05, 0.1) is 0 Å². The van der Waals surface area contributed by atoms with Gasteiger partial charge in [-0.1, -0.05) is 80.6 Å². The molecule has 3 rings (SSSR count). The minimum absolute atomic E-state index is 0.133. The Kier molecular flexibility index (Phi) is 8.39. The fourth-order valence-electron chi connectivity index (χ4n) is 4.01. The molecule has 0 aliphatic rings. The molecule has 0 unspecified atom stereocenters. The number of carbonyl (C=O) groups excluding carboxylic acids is 1. The van der Waals surface area contributed by atoms with Crippen molar-refractivity contribution in [2.24, 2.45) is 11.7 Å². The largest absolute Gasteiger partial charge is 0.480 e. The van der Waals surface area contributed by atoms with E-state index in [1.807, 2.05) is 18.2 Å². The molecule has 0 saturated carbocycles. The van der Waals surface area contributed by atoms with Crippen LogP contribution in [0.5, 0.6) is 0 Å². The topological polar surface area (TPSA) is 92.4 Å². The molecule has 33 heavy (non-hydrogen) atoms. The Morgan fingerprint density at radius 3 is 2.06 bits per heavy atom. The molecular formula is C28H32N2O3. The summed E-state index contributed by atoms with van der Waals surface area (Å²) in [7, 11) is 0. The van der Waals surface area contributed by atoms with Crippen molar-refractivity contribution >= 4 is 11.9 Å². The van der Waals surface area contributed by atoms with E-state index in [9.17, 15) is 9.59 Å². The Hall–Kier alpha value is -3.44. The number of carbonyl (C=O) groups is 2. The average molecular weight is 445 g/mol. The van der Waals surface area contributed by atoms with Crippen molar-refractivity contribution in [3.63, 3.8) is 0 Å². The van der Waals surface area contributed by atoms with Crippen LogP contribution in [-0.4, -0.2) is 29.6 Å². The highest BCUT2D eigenvalue weighted by Gasteiger charge is 2.17. The number of carboxylic acids is 1. The Labute approximate surface area is 195 Å². The number of hydrogen-bond acceptors (Lipinski definition) is 3. The lowest BCUT2D eigenvalue weighted by atomic mass is 9.85. The summed E-state index contributed by atoms with van der Waals surface area (Å²) in [6.45, 7) is 4.99. The van der Waals surface area contributed by atoms with Gasteiger partial charge in [0.25, 0.3) is 5.91 Å². The molecule has 0 spiro atoms. The van der Waals surface area contributed by atoms with Gasteiger partial charge in [-0.05, 0) is 59.1 Å². The number of amides is 1. The summed E-state index contributed by atoms with van der Waals surface area (Å²) in [5.74, 6) is -0.380. The van der Waals surface area contributed by atoms with Crippen molar-refractivity contribution in [1.82, 2.24) is 5.32 Å². The molecule has 0 aliphatic carbocycles. The summed E-state index contributed by atoms with van der Waals surface area (Å²) >= 11 is 0. The second-order valence-corrected chi connectivity index (χ2v) is 8.73. The van der Waals surface area contributed by atoms with Gasteiger partial charge in [0, 0.05) is 12.1 Å². The lowest BCUT2D eigenvalue weighted by molar-refractivity contribution is -0.138. The van der Waals surface area contributed by atoms with E-state index in [2.05, 4.69) is 55.6 Å². The predicted molar refractivity (Wildman–Crippen MR) is 132 cm³/mol. The molecule has 0 heterocycles. The number of benzene rings is 3. The van der Waals surface area contributed by atoms with Gasteiger partial charge in [-0.2, -0.15) is 0 Å². The standard InChI is InChI=1S/C28H32N2O3/c1-19(2)25(23-14-12-22(13-15-23)21-6-4-3-5-7-21)16-17-30-27(31)24-10-8-20(9-11-24)18-26(29)28(32)33/h3-15,19,25-26H,16-18,29H2,1-2H3,(H,30,31)(H,32,33)/t25-,26+/m1/s1. The minimum atomic E-state index is -1.04. The smallest absolute Gasteiger partial charge is 0.320 e. The van der Waals surface area contributed by atoms with E-state index in [-0.39, 0.29) is 12.3 Å². The number of hydrogen-bond donors (Lipinski definition) is 3. The van der Waals surface area contributed by atoms with Crippen molar-refractivity contribution in [1.29, 1.82) is 0 Å². The van der Waals surface area contributed by atoms with Crippen LogP contribution in [0.25, 0.3) is 11.1 Å². The predicted octanol–water partition coefficient (Wildman–Crippen LogP) is 4.87. The van der Waals surface area contributed by atoms with Crippen molar-refractivity contribution in [2.75, 3.05) is 6.54 Å². The van der Waals surface area contributed by atoms with E-state index in [1.165, 1.54) is 16.7 Å². The van der Waals surface area contributed by atoms with Crippen LogP contribution in [0.4, 0.5) is 0 Å². The Balaban J connectivity index is 1.56. The third-order valence-corrected chi connectivity index (χ3v) is 5.98. The third-order valence-electron chi connectivity index (χ3n) is 5.98. The monoisotopic (exact) mass is 444 g/mol. The second kappa shape index (κ2) is 11.4. The SMILES string of the molecule is CC(C)[C@@H](CCNC(=O)c1ccc(C[C@H](N)C(=O)O)cc1)c1ccc(-c2ccccc2)cc1. The Morgan fingerprint density at radius 1 is 0.879 bits per heavy atom. The van der Waals surface area contributed by atoms with Gasteiger partial charge in [-0.3, -0.25) is 9.59 Å². The van der Waals surface area contributed by atoms with E-state index in [0.717, 1.165) is 12.0 Å². The summed E-state index contributed by atoms with van der Waals surface area (Å²) in [4.78, 5) is 23.4. The van der Waals surface area contributed by atoms with Crippen molar-refractivity contribution < 1.29 is 14.7 Å².